The second-order valence-electron chi connectivity index (χ2n) is 7.57. The zero-order valence-corrected chi connectivity index (χ0v) is 17.1. The Labute approximate surface area is 165 Å². The molecule has 0 unspecified atom stereocenters. The molecular weight excluding hydrogens is 365 g/mol. The molecule has 26 heavy (non-hydrogen) atoms. The number of hydrogen-bond acceptors (Lipinski definition) is 5. The molecule has 0 saturated carbocycles. The highest BCUT2D eigenvalue weighted by atomic mass is 32.2. The van der Waals surface area contributed by atoms with E-state index in [1.807, 2.05) is 12.1 Å². The zero-order chi connectivity index (χ0) is 17.8. The minimum absolute atomic E-state index is 0.0897. The van der Waals surface area contributed by atoms with E-state index in [1.165, 1.54) is 48.9 Å². The van der Waals surface area contributed by atoms with Crippen molar-refractivity contribution in [2.24, 2.45) is 0 Å². The van der Waals surface area contributed by atoms with Crippen molar-refractivity contribution in [1.82, 2.24) is 9.80 Å². The van der Waals surface area contributed by atoms with Gasteiger partial charge in [-0.25, -0.2) is 4.39 Å². The molecule has 0 N–H and O–H groups in total. The van der Waals surface area contributed by atoms with E-state index in [4.69, 9.17) is 0 Å². The quantitative estimate of drug-likeness (QED) is 0.775. The van der Waals surface area contributed by atoms with Crippen molar-refractivity contribution in [2.45, 2.75) is 24.9 Å². The largest absolute Gasteiger partial charge is 0.367 e. The number of rotatable bonds is 3. The first kappa shape index (κ1) is 18.9. The van der Waals surface area contributed by atoms with E-state index in [0.717, 1.165) is 37.9 Å². The van der Waals surface area contributed by atoms with E-state index in [-0.39, 0.29) is 5.82 Å². The summed E-state index contributed by atoms with van der Waals surface area (Å²) in [6.07, 6.45) is 2.65. The Morgan fingerprint density at radius 1 is 0.846 bits per heavy atom. The van der Waals surface area contributed by atoms with Crippen molar-refractivity contribution in [3.8, 4) is 0 Å². The normalized spacial score (nSPS) is 27.4. The third kappa shape index (κ3) is 4.51. The molecule has 1 aromatic carbocycles. The Morgan fingerprint density at radius 2 is 1.58 bits per heavy atom. The molecule has 3 heterocycles. The fraction of sp³-hybridized carbons (Fsp3) is 0.700. The van der Waals surface area contributed by atoms with Crippen molar-refractivity contribution in [2.75, 3.05) is 67.2 Å². The maximum absolute atomic E-state index is 14.1. The van der Waals surface area contributed by atoms with Crippen LogP contribution in [0.5, 0.6) is 0 Å². The summed E-state index contributed by atoms with van der Waals surface area (Å²) >= 11 is 4.27. The number of piperazine rings is 1. The Kier molecular flexibility index (Phi) is 6.67. The monoisotopic (exact) mass is 395 g/mol. The summed E-state index contributed by atoms with van der Waals surface area (Å²) in [5.74, 6) is 5.15. The average molecular weight is 396 g/mol. The lowest BCUT2D eigenvalue weighted by molar-refractivity contribution is 0.0782. The van der Waals surface area contributed by atoms with E-state index >= 15 is 0 Å². The molecule has 3 fully saturated rings. The summed E-state index contributed by atoms with van der Waals surface area (Å²) in [6.45, 7) is 6.49. The number of nitrogens with zero attached hydrogens (tertiary/aromatic N) is 3. The zero-order valence-electron chi connectivity index (χ0n) is 15.5. The predicted molar refractivity (Wildman–Crippen MR) is 113 cm³/mol. The second kappa shape index (κ2) is 9.18. The van der Waals surface area contributed by atoms with Crippen LogP contribution >= 0.6 is 23.5 Å². The van der Waals surface area contributed by atoms with Gasteiger partial charge in [0, 0.05) is 67.8 Å². The molecular formula is C20H30FN3S2. The number of para-hydroxylation sites is 1. The molecule has 1 atom stereocenters. The maximum Gasteiger partial charge on any atom is 0.146 e. The summed E-state index contributed by atoms with van der Waals surface area (Å²) in [6, 6.07) is 8.64. The van der Waals surface area contributed by atoms with Crippen LogP contribution in [0.2, 0.25) is 0 Å². The van der Waals surface area contributed by atoms with Crippen LogP contribution in [0, 0.1) is 5.82 Å². The Hall–Kier alpha value is -0.430. The minimum atomic E-state index is -0.0897. The average Bonchev–Trinajstić information content (AvgIpc) is 2.98. The summed E-state index contributed by atoms with van der Waals surface area (Å²) in [5.41, 5.74) is 0.768. The van der Waals surface area contributed by atoms with Crippen molar-refractivity contribution in [1.29, 1.82) is 0 Å². The van der Waals surface area contributed by atoms with Crippen LogP contribution in [0.3, 0.4) is 0 Å². The lowest BCUT2D eigenvalue weighted by atomic mass is 10.0. The molecule has 3 saturated heterocycles. The van der Waals surface area contributed by atoms with Crippen LogP contribution in [0.15, 0.2) is 24.3 Å². The van der Waals surface area contributed by atoms with Gasteiger partial charge in [0.25, 0.3) is 0 Å². The second-order valence-corrected chi connectivity index (χ2v) is 9.87. The van der Waals surface area contributed by atoms with Crippen LogP contribution in [0.4, 0.5) is 10.1 Å². The van der Waals surface area contributed by atoms with Gasteiger partial charge in [0.1, 0.15) is 5.82 Å². The van der Waals surface area contributed by atoms with Crippen LogP contribution in [-0.4, -0.2) is 84.2 Å². The van der Waals surface area contributed by atoms with Crippen molar-refractivity contribution >= 4 is 29.2 Å². The van der Waals surface area contributed by atoms with Gasteiger partial charge in [0.05, 0.1) is 5.69 Å². The number of hydrogen-bond donors (Lipinski definition) is 0. The van der Waals surface area contributed by atoms with Gasteiger partial charge >= 0.3 is 0 Å². The van der Waals surface area contributed by atoms with Crippen molar-refractivity contribution in [3.63, 3.8) is 0 Å². The summed E-state index contributed by atoms with van der Waals surface area (Å²) < 4.78 is 14.1. The van der Waals surface area contributed by atoms with Crippen molar-refractivity contribution < 1.29 is 4.39 Å². The number of likely N-dealkylation sites (tertiary alicyclic amines) is 1. The predicted octanol–water partition coefficient (Wildman–Crippen LogP) is 3.26. The van der Waals surface area contributed by atoms with Gasteiger partial charge in [0.2, 0.25) is 0 Å². The highest BCUT2D eigenvalue weighted by Gasteiger charge is 2.31. The smallest absolute Gasteiger partial charge is 0.146 e. The lowest BCUT2D eigenvalue weighted by Gasteiger charge is -2.45. The Balaban J connectivity index is 1.32. The molecule has 3 aliphatic rings. The number of halogens is 1. The van der Waals surface area contributed by atoms with E-state index < -0.39 is 0 Å². The molecule has 0 aromatic heterocycles. The van der Waals surface area contributed by atoms with Crippen molar-refractivity contribution in [3.05, 3.63) is 30.1 Å². The summed E-state index contributed by atoms with van der Waals surface area (Å²) in [4.78, 5) is 7.65. The fourth-order valence-corrected chi connectivity index (χ4v) is 7.09. The number of thioether (sulfide) groups is 2. The minimum Gasteiger partial charge on any atom is -0.367 e. The van der Waals surface area contributed by atoms with E-state index in [9.17, 15) is 4.39 Å². The van der Waals surface area contributed by atoms with E-state index in [2.05, 4.69) is 38.2 Å². The van der Waals surface area contributed by atoms with E-state index in [0.29, 0.717) is 6.04 Å². The van der Waals surface area contributed by atoms with Crippen LogP contribution < -0.4 is 4.90 Å². The molecule has 3 aliphatic heterocycles. The molecule has 0 spiro atoms. The highest BCUT2D eigenvalue weighted by Crippen LogP contribution is 2.26. The van der Waals surface area contributed by atoms with Crippen LogP contribution in [0.25, 0.3) is 0 Å². The first-order valence-corrected chi connectivity index (χ1v) is 12.3. The summed E-state index contributed by atoms with van der Waals surface area (Å²) in [5, 5.41) is 0. The van der Waals surface area contributed by atoms with Gasteiger partial charge in [-0.15, -0.1) is 0 Å². The fourth-order valence-electron chi connectivity index (χ4n) is 4.46. The van der Waals surface area contributed by atoms with Crippen LogP contribution in [0.1, 0.15) is 12.8 Å². The topological polar surface area (TPSA) is 9.72 Å². The molecule has 4 rings (SSSR count). The number of piperidine rings is 1. The number of benzene rings is 1. The van der Waals surface area contributed by atoms with Gasteiger partial charge in [-0.05, 0) is 31.5 Å². The first-order valence-electron chi connectivity index (χ1n) is 9.94. The maximum atomic E-state index is 14.1. The Bertz CT molecular complexity index is 572. The molecule has 0 amide bonds. The van der Waals surface area contributed by atoms with Gasteiger partial charge in [-0.1, -0.05) is 12.1 Å². The standard InChI is InChI=1S/C20H30FN3S2/c21-19-5-1-2-6-20(19)23-10-8-22(9-11-23)17-4-3-7-24(14-17)18-15-25-12-13-26-16-18/h1-2,5-6,17-18H,3-4,7-16H2/t17-/m1/s1. The van der Waals surface area contributed by atoms with Gasteiger partial charge in [0.15, 0.2) is 0 Å². The van der Waals surface area contributed by atoms with Gasteiger partial charge in [-0.3, -0.25) is 9.80 Å². The molecule has 3 nitrogen and oxygen atoms in total. The van der Waals surface area contributed by atoms with Gasteiger partial charge < -0.3 is 4.90 Å². The lowest BCUT2D eigenvalue weighted by Crippen LogP contribution is -2.57. The third-order valence-electron chi connectivity index (χ3n) is 5.96. The van der Waals surface area contributed by atoms with Crippen LogP contribution in [-0.2, 0) is 0 Å². The Morgan fingerprint density at radius 3 is 2.31 bits per heavy atom. The summed E-state index contributed by atoms with van der Waals surface area (Å²) in [7, 11) is 0. The molecule has 0 bridgehead atoms. The number of anilines is 1. The molecule has 6 heteroatoms. The highest BCUT2D eigenvalue weighted by molar-refractivity contribution is 8.03. The molecule has 1 aromatic rings. The van der Waals surface area contributed by atoms with Gasteiger partial charge in [-0.2, -0.15) is 23.5 Å². The molecule has 0 radical (unpaired) electrons. The molecule has 144 valence electrons. The SMILES string of the molecule is Fc1ccccc1N1CCN([C@@H]2CCCN(C3CSCCSC3)C2)CC1. The molecule has 0 aliphatic carbocycles. The first-order chi connectivity index (χ1) is 12.8. The third-order valence-corrected chi connectivity index (χ3v) is 8.45. The van der Waals surface area contributed by atoms with E-state index in [1.54, 1.807) is 12.1 Å².